The van der Waals surface area contributed by atoms with Crippen LogP contribution in [0.15, 0.2) is 60.7 Å². The molecule has 0 fully saturated rings. The van der Waals surface area contributed by atoms with Gasteiger partial charge in [-0.1, -0.05) is 18.2 Å². The highest BCUT2D eigenvalue weighted by atomic mass is 19.4. The molecule has 0 atom stereocenters. The third-order valence-corrected chi connectivity index (χ3v) is 3.84. The van der Waals surface area contributed by atoms with E-state index in [1.54, 1.807) is 6.07 Å². The average molecular weight is 408 g/mol. The van der Waals surface area contributed by atoms with Gasteiger partial charge >= 0.3 is 12.4 Å². The summed E-state index contributed by atoms with van der Waals surface area (Å²) >= 11 is 0. The lowest BCUT2D eigenvalue weighted by molar-refractivity contribution is -0.138. The van der Waals surface area contributed by atoms with E-state index >= 15 is 0 Å². The first kappa shape index (κ1) is 20.2. The molecule has 2 aromatic carbocycles. The lowest BCUT2D eigenvalue weighted by Crippen LogP contribution is -2.05. The van der Waals surface area contributed by atoms with Crippen molar-refractivity contribution in [1.82, 2.24) is 4.98 Å². The summed E-state index contributed by atoms with van der Waals surface area (Å²) in [6.07, 6.45) is -9.15. The second kappa shape index (κ2) is 7.47. The lowest BCUT2D eigenvalue weighted by Gasteiger charge is -2.12. The second-order valence-corrected chi connectivity index (χ2v) is 5.87. The summed E-state index contributed by atoms with van der Waals surface area (Å²) < 4.78 is 82.7. The van der Waals surface area contributed by atoms with Crippen LogP contribution in [0.3, 0.4) is 0 Å². The van der Waals surface area contributed by atoms with Crippen LogP contribution in [-0.4, -0.2) is 4.98 Å². The number of hydrogen-bond acceptors (Lipinski definition) is 3. The minimum atomic E-state index is -4.59. The highest BCUT2D eigenvalue weighted by Crippen LogP contribution is 2.35. The Labute approximate surface area is 160 Å². The number of rotatable bonds is 3. The summed E-state index contributed by atoms with van der Waals surface area (Å²) in [6, 6.07) is 12.7. The maximum Gasteiger partial charge on any atom is 0.416 e. The predicted molar refractivity (Wildman–Crippen MR) is 90.9 cm³/mol. The Morgan fingerprint density at radius 1 is 0.793 bits per heavy atom. The number of benzene rings is 2. The van der Waals surface area contributed by atoms with Crippen LogP contribution in [0.2, 0.25) is 0 Å². The third kappa shape index (κ3) is 4.66. The van der Waals surface area contributed by atoms with Gasteiger partial charge in [-0.15, -0.1) is 0 Å². The van der Waals surface area contributed by atoms with Crippen LogP contribution in [0.4, 0.5) is 26.3 Å². The number of hydrogen-bond donors (Lipinski definition) is 0. The van der Waals surface area contributed by atoms with Gasteiger partial charge in [0.05, 0.1) is 16.8 Å². The number of halogens is 6. The molecule has 0 aliphatic carbocycles. The predicted octanol–water partition coefficient (Wildman–Crippen LogP) is 6.45. The third-order valence-electron chi connectivity index (χ3n) is 3.84. The van der Waals surface area contributed by atoms with E-state index in [1.165, 1.54) is 30.3 Å². The quantitative estimate of drug-likeness (QED) is 0.468. The molecule has 0 amide bonds. The van der Waals surface area contributed by atoms with Gasteiger partial charge in [-0.3, -0.25) is 0 Å². The van der Waals surface area contributed by atoms with Gasteiger partial charge in [-0.25, -0.2) is 4.98 Å². The van der Waals surface area contributed by atoms with Crippen LogP contribution in [-0.2, 0) is 12.4 Å². The standard InChI is InChI=1S/C20H10F6N2O/c21-19(22,23)14-4-1-3-12(9-14)17-8-7-13(11-27)18(28-17)29-16-6-2-5-15(10-16)20(24,25)26/h1-10H. The molecule has 148 valence electrons. The first-order valence-electron chi connectivity index (χ1n) is 8.02. The highest BCUT2D eigenvalue weighted by Gasteiger charge is 2.31. The van der Waals surface area contributed by atoms with Crippen LogP contribution < -0.4 is 4.74 Å². The van der Waals surface area contributed by atoms with Crippen LogP contribution in [0.25, 0.3) is 11.3 Å². The second-order valence-electron chi connectivity index (χ2n) is 5.87. The van der Waals surface area contributed by atoms with Crippen LogP contribution >= 0.6 is 0 Å². The summed E-state index contributed by atoms with van der Waals surface area (Å²) in [5.41, 5.74) is -1.75. The van der Waals surface area contributed by atoms with Crippen LogP contribution in [0.1, 0.15) is 16.7 Å². The summed E-state index contributed by atoms with van der Waals surface area (Å²) in [4.78, 5) is 4.03. The van der Waals surface area contributed by atoms with Gasteiger partial charge in [0.15, 0.2) is 0 Å². The Bertz CT molecular complexity index is 1080. The van der Waals surface area contributed by atoms with Gasteiger partial charge in [-0.2, -0.15) is 31.6 Å². The molecule has 1 heterocycles. The summed E-state index contributed by atoms with van der Waals surface area (Å²) in [5.74, 6) is -0.535. The molecule has 0 aliphatic rings. The minimum Gasteiger partial charge on any atom is -0.438 e. The molecule has 0 saturated heterocycles. The molecule has 0 N–H and O–H groups in total. The highest BCUT2D eigenvalue weighted by molar-refractivity contribution is 5.62. The molecule has 0 radical (unpaired) electrons. The molecule has 3 rings (SSSR count). The number of ether oxygens (including phenoxy) is 1. The zero-order valence-corrected chi connectivity index (χ0v) is 14.3. The van der Waals surface area contributed by atoms with Crippen molar-refractivity contribution in [2.45, 2.75) is 12.4 Å². The van der Waals surface area contributed by atoms with Crippen molar-refractivity contribution >= 4 is 0 Å². The number of alkyl halides is 6. The van der Waals surface area contributed by atoms with Crippen molar-refractivity contribution in [1.29, 1.82) is 5.26 Å². The Morgan fingerprint density at radius 2 is 1.41 bits per heavy atom. The lowest BCUT2D eigenvalue weighted by atomic mass is 10.1. The summed E-state index contributed by atoms with van der Waals surface area (Å²) in [5, 5.41) is 9.19. The van der Waals surface area contributed by atoms with E-state index in [0.717, 1.165) is 30.3 Å². The van der Waals surface area contributed by atoms with E-state index < -0.39 is 23.5 Å². The molecule has 9 heteroatoms. The number of aromatic nitrogens is 1. The van der Waals surface area contributed by atoms with E-state index in [0.29, 0.717) is 0 Å². The van der Waals surface area contributed by atoms with E-state index in [2.05, 4.69) is 4.98 Å². The largest absolute Gasteiger partial charge is 0.438 e. The fourth-order valence-electron chi connectivity index (χ4n) is 2.47. The summed E-state index contributed by atoms with van der Waals surface area (Å²) in [7, 11) is 0. The first-order valence-corrected chi connectivity index (χ1v) is 8.02. The monoisotopic (exact) mass is 408 g/mol. The molecule has 29 heavy (non-hydrogen) atoms. The SMILES string of the molecule is N#Cc1ccc(-c2cccc(C(F)(F)F)c2)nc1Oc1cccc(C(F)(F)F)c1. The molecular formula is C20H10F6N2O. The van der Waals surface area contributed by atoms with Crippen molar-refractivity contribution in [3.63, 3.8) is 0 Å². The van der Waals surface area contributed by atoms with Crippen LogP contribution in [0.5, 0.6) is 11.6 Å². The van der Waals surface area contributed by atoms with E-state index in [4.69, 9.17) is 4.74 Å². The van der Waals surface area contributed by atoms with Gasteiger partial charge < -0.3 is 4.74 Å². The number of nitrogens with zero attached hydrogens (tertiary/aromatic N) is 2. The van der Waals surface area contributed by atoms with Gasteiger partial charge in [0.1, 0.15) is 17.4 Å². The minimum absolute atomic E-state index is 0.0667. The number of nitriles is 1. The Kier molecular flexibility index (Phi) is 5.20. The van der Waals surface area contributed by atoms with E-state index in [1.807, 2.05) is 0 Å². The molecule has 0 saturated carbocycles. The van der Waals surface area contributed by atoms with Crippen molar-refractivity contribution in [2.24, 2.45) is 0 Å². The molecule has 0 spiro atoms. The van der Waals surface area contributed by atoms with Crippen molar-refractivity contribution in [3.05, 3.63) is 77.4 Å². The van der Waals surface area contributed by atoms with Crippen molar-refractivity contribution in [3.8, 4) is 29.0 Å². The van der Waals surface area contributed by atoms with E-state index in [9.17, 15) is 31.6 Å². The Morgan fingerprint density at radius 3 is 2.03 bits per heavy atom. The van der Waals surface area contributed by atoms with Gasteiger partial charge in [0.2, 0.25) is 5.88 Å². The van der Waals surface area contributed by atoms with Crippen molar-refractivity contribution in [2.75, 3.05) is 0 Å². The average Bonchev–Trinajstić information content (AvgIpc) is 2.67. The van der Waals surface area contributed by atoms with Crippen molar-refractivity contribution < 1.29 is 31.1 Å². The first-order chi connectivity index (χ1) is 13.6. The number of pyridine rings is 1. The van der Waals surface area contributed by atoms with E-state index in [-0.39, 0.29) is 28.5 Å². The topological polar surface area (TPSA) is 45.9 Å². The zero-order valence-electron chi connectivity index (χ0n) is 14.3. The molecule has 3 aromatic rings. The fraction of sp³-hybridized carbons (Fsp3) is 0.100. The maximum atomic E-state index is 12.9. The molecular weight excluding hydrogens is 398 g/mol. The maximum absolute atomic E-state index is 12.9. The summed E-state index contributed by atoms with van der Waals surface area (Å²) in [6.45, 7) is 0. The van der Waals surface area contributed by atoms with Gasteiger partial charge in [0, 0.05) is 5.56 Å². The Hall–Kier alpha value is -3.54. The normalized spacial score (nSPS) is 11.8. The molecule has 1 aromatic heterocycles. The molecule has 0 aliphatic heterocycles. The smallest absolute Gasteiger partial charge is 0.416 e. The van der Waals surface area contributed by atoms with Gasteiger partial charge in [0.25, 0.3) is 0 Å². The zero-order chi connectivity index (χ0) is 21.2. The Balaban J connectivity index is 2.00. The molecule has 0 unspecified atom stereocenters. The molecule has 0 bridgehead atoms. The van der Waals surface area contributed by atoms with Gasteiger partial charge in [-0.05, 0) is 42.5 Å². The molecule has 3 nitrogen and oxygen atoms in total. The van der Waals surface area contributed by atoms with Crippen LogP contribution in [0, 0.1) is 11.3 Å². The fourth-order valence-corrected chi connectivity index (χ4v) is 2.47.